The van der Waals surface area contributed by atoms with Gasteiger partial charge in [-0.25, -0.2) is 5.43 Å². The van der Waals surface area contributed by atoms with Crippen LogP contribution in [0.2, 0.25) is 0 Å². The van der Waals surface area contributed by atoms with Gasteiger partial charge < -0.3 is 9.84 Å². The number of hydrazone groups is 1. The van der Waals surface area contributed by atoms with Crippen molar-refractivity contribution in [3.8, 4) is 11.5 Å². The molecule has 1 amide bonds. The maximum absolute atomic E-state index is 11.8. The molecule has 2 aromatic rings. The van der Waals surface area contributed by atoms with Crippen LogP contribution in [-0.4, -0.2) is 23.3 Å². The van der Waals surface area contributed by atoms with E-state index in [-0.39, 0.29) is 17.8 Å². The van der Waals surface area contributed by atoms with E-state index in [1.54, 1.807) is 12.1 Å². The zero-order valence-electron chi connectivity index (χ0n) is 13.9. The SMILES string of the molecule is CC(C)Oc1ccc(/C=N\NC(=O)CCc2ccccc2)c(O)c1. The number of carbonyl (C=O) groups is 1. The van der Waals surface area contributed by atoms with Crippen molar-refractivity contribution < 1.29 is 14.6 Å². The molecule has 0 aliphatic carbocycles. The first kappa shape index (κ1) is 17.5. The van der Waals surface area contributed by atoms with Gasteiger partial charge in [0.15, 0.2) is 0 Å². The van der Waals surface area contributed by atoms with Crippen molar-refractivity contribution in [3.05, 3.63) is 59.7 Å². The second kappa shape index (κ2) is 8.72. The Morgan fingerprint density at radius 1 is 1.25 bits per heavy atom. The third-order valence-corrected chi connectivity index (χ3v) is 3.25. The normalized spacial score (nSPS) is 11.0. The summed E-state index contributed by atoms with van der Waals surface area (Å²) in [6.45, 7) is 3.83. The van der Waals surface area contributed by atoms with Crippen LogP contribution in [0, 0.1) is 0 Å². The molecule has 2 N–H and O–H groups in total. The number of carbonyl (C=O) groups excluding carboxylic acids is 1. The molecule has 0 saturated carbocycles. The molecule has 0 fully saturated rings. The lowest BCUT2D eigenvalue weighted by Crippen LogP contribution is -2.17. The third-order valence-electron chi connectivity index (χ3n) is 3.25. The lowest BCUT2D eigenvalue weighted by molar-refractivity contribution is -0.121. The number of hydrogen-bond acceptors (Lipinski definition) is 4. The summed E-state index contributed by atoms with van der Waals surface area (Å²) in [5, 5.41) is 13.8. The number of ether oxygens (including phenoxy) is 1. The van der Waals surface area contributed by atoms with Crippen LogP contribution in [0.3, 0.4) is 0 Å². The van der Waals surface area contributed by atoms with Gasteiger partial charge in [-0.2, -0.15) is 5.10 Å². The molecule has 5 heteroatoms. The molecule has 0 aromatic heterocycles. The van der Waals surface area contributed by atoms with Crippen LogP contribution in [0.1, 0.15) is 31.4 Å². The number of phenolic OH excluding ortho intramolecular Hbond substituents is 1. The highest BCUT2D eigenvalue weighted by Crippen LogP contribution is 2.23. The lowest BCUT2D eigenvalue weighted by atomic mass is 10.1. The predicted molar refractivity (Wildman–Crippen MR) is 94.4 cm³/mol. The minimum Gasteiger partial charge on any atom is -0.507 e. The van der Waals surface area contributed by atoms with E-state index in [1.165, 1.54) is 12.3 Å². The van der Waals surface area contributed by atoms with Gasteiger partial charge in [-0.1, -0.05) is 30.3 Å². The Labute approximate surface area is 142 Å². The molecule has 2 rings (SSSR count). The van der Waals surface area contributed by atoms with Crippen molar-refractivity contribution in [2.45, 2.75) is 32.8 Å². The molecule has 0 unspecified atom stereocenters. The van der Waals surface area contributed by atoms with Crippen molar-refractivity contribution >= 4 is 12.1 Å². The highest BCUT2D eigenvalue weighted by Gasteiger charge is 2.04. The summed E-state index contributed by atoms with van der Waals surface area (Å²) in [6, 6.07) is 14.8. The van der Waals surface area contributed by atoms with Crippen LogP contribution in [0.15, 0.2) is 53.6 Å². The first-order valence-corrected chi connectivity index (χ1v) is 7.90. The molecule has 0 radical (unpaired) electrons. The van der Waals surface area contributed by atoms with Crippen LogP contribution >= 0.6 is 0 Å². The smallest absolute Gasteiger partial charge is 0.240 e. The molecule has 0 saturated heterocycles. The largest absolute Gasteiger partial charge is 0.507 e. The number of benzene rings is 2. The Hall–Kier alpha value is -2.82. The first-order valence-electron chi connectivity index (χ1n) is 7.90. The predicted octanol–water partition coefficient (Wildman–Crippen LogP) is 3.26. The van der Waals surface area contributed by atoms with Gasteiger partial charge in [0.25, 0.3) is 0 Å². The summed E-state index contributed by atoms with van der Waals surface area (Å²) in [6.07, 6.45) is 2.46. The quantitative estimate of drug-likeness (QED) is 0.606. The van der Waals surface area contributed by atoms with E-state index >= 15 is 0 Å². The van der Waals surface area contributed by atoms with Crippen molar-refractivity contribution in [3.63, 3.8) is 0 Å². The van der Waals surface area contributed by atoms with Crippen LogP contribution in [0.4, 0.5) is 0 Å². The molecular formula is C19H22N2O3. The van der Waals surface area contributed by atoms with Crippen molar-refractivity contribution in [1.29, 1.82) is 0 Å². The van der Waals surface area contributed by atoms with E-state index in [0.29, 0.717) is 24.2 Å². The average molecular weight is 326 g/mol. The fourth-order valence-corrected chi connectivity index (χ4v) is 2.11. The zero-order valence-corrected chi connectivity index (χ0v) is 13.9. The number of rotatable bonds is 7. The Morgan fingerprint density at radius 3 is 2.67 bits per heavy atom. The molecular weight excluding hydrogens is 304 g/mol. The number of aromatic hydroxyl groups is 1. The number of nitrogens with zero attached hydrogens (tertiary/aromatic N) is 1. The Balaban J connectivity index is 1.83. The van der Waals surface area contributed by atoms with Gasteiger partial charge in [0.2, 0.25) is 5.91 Å². The molecule has 0 spiro atoms. The fourth-order valence-electron chi connectivity index (χ4n) is 2.11. The fraction of sp³-hybridized carbons (Fsp3) is 0.263. The molecule has 0 bridgehead atoms. The number of amides is 1. The van der Waals surface area contributed by atoms with E-state index in [2.05, 4.69) is 10.5 Å². The van der Waals surface area contributed by atoms with Crippen LogP contribution in [0.5, 0.6) is 11.5 Å². The number of aryl methyl sites for hydroxylation is 1. The summed E-state index contributed by atoms with van der Waals surface area (Å²) in [5.41, 5.74) is 4.08. The second-order valence-electron chi connectivity index (χ2n) is 5.67. The second-order valence-corrected chi connectivity index (χ2v) is 5.67. The van der Waals surface area contributed by atoms with Gasteiger partial charge in [-0.3, -0.25) is 4.79 Å². The van der Waals surface area contributed by atoms with Gasteiger partial charge >= 0.3 is 0 Å². The van der Waals surface area contributed by atoms with E-state index in [9.17, 15) is 9.90 Å². The van der Waals surface area contributed by atoms with Gasteiger partial charge in [-0.05, 0) is 38.0 Å². The van der Waals surface area contributed by atoms with E-state index < -0.39 is 0 Å². The molecule has 2 aromatic carbocycles. The number of phenols is 1. The highest BCUT2D eigenvalue weighted by atomic mass is 16.5. The molecule has 0 atom stereocenters. The first-order chi connectivity index (χ1) is 11.5. The lowest BCUT2D eigenvalue weighted by Gasteiger charge is -2.10. The standard InChI is InChI=1S/C19H22N2O3/c1-14(2)24-17-10-9-16(18(22)12-17)13-20-21-19(23)11-8-15-6-4-3-5-7-15/h3-7,9-10,12-14,22H,8,11H2,1-2H3,(H,21,23)/b20-13-. The van der Waals surface area contributed by atoms with Gasteiger partial charge in [0.1, 0.15) is 11.5 Å². The van der Waals surface area contributed by atoms with Crippen molar-refractivity contribution in [2.24, 2.45) is 5.10 Å². The van der Waals surface area contributed by atoms with Crippen LogP contribution < -0.4 is 10.2 Å². The Kier molecular flexibility index (Phi) is 6.37. The maximum Gasteiger partial charge on any atom is 0.240 e. The van der Waals surface area contributed by atoms with Crippen molar-refractivity contribution in [1.82, 2.24) is 5.43 Å². The summed E-state index contributed by atoms with van der Waals surface area (Å²) < 4.78 is 5.49. The summed E-state index contributed by atoms with van der Waals surface area (Å²) in [7, 11) is 0. The van der Waals surface area contributed by atoms with E-state index in [4.69, 9.17) is 4.74 Å². The van der Waals surface area contributed by atoms with Crippen LogP contribution in [0.25, 0.3) is 0 Å². The average Bonchev–Trinajstić information content (AvgIpc) is 2.55. The Morgan fingerprint density at radius 2 is 2.00 bits per heavy atom. The Bertz CT molecular complexity index is 697. The minimum atomic E-state index is -0.172. The van der Waals surface area contributed by atoms with Crippen LogP contribution in [-0.2, 0) is 11.2 Å². The van der Waals surface area contributed by atoms with Gasteiger partial charge in [-0.15, -0.1) is 0 Å². The highest BCUT2D eigenvalue weighted by molar-refractivity contribution is 5.85. The van der Waals surface area contributed by atoms with Crippen molar-refractivity contribution in [2.75, 3.05) is 0 Å². The molecule has 0 aliphatic rings. The zero-order chi connectivity index (χ0) is 17.4. The number of hydrogen-bond donors (Lipinski definition) is 2. The maximum atomic E-state index is 11.8. The van der Waals surface area contributed by atoms with Gasteiger partial charge in [0, 0.05) is 18.1 Å². The van der Waals surface area contributed by atoms with Gasteiger partial charge in [0.05, 0.1) is 12.3 Å². The molecule has 126 valence electrons. The third kappa shape index (κ3) is 5.76. The minimum absolute atomic E-state index is 0.0350. The summed E-state index contributed by atoms with van der Waals surface area (Å²) in [4.78, 5) is 11.8. The molecule has 5 nitrogen and oxygen atoms in total. The summed E-state index contributed by atoms with van der Waals surface area (Å²) >= 11 is 0. The van der Waals surface area contributed by atoms with E-state index in [1.807, 2.05) is 44.2 Å². The molecule has 0 aliphatic heterocycles. The topological polar surface area (TPSA) is 70.9 Å². The molecule has 0 heterocycles. The summed E-state index contributed by atoms with van der Waals surface area (Å²) in [5.74, 6) is 0.469. The van der Waals surface area contributed by atoms with E-state index in [0.717, 1.165) is 5.56 Å². The molecule has 24 heavy (non-hydrogen) atoms. The number of nitrogens with one attached hydrogen (secondary N) is 1. The monoisotopic (exact) mass is 326 g/mol.